The van der Waals surface area contributed by atoms with Crippen molar-refractivity contribution in [3.63, 3.8) is 0 Å². The van der Waals surface area contributed by atoms with Crippen molar-refractivity contribution in [2.24, 2.45) is 0 Å². The molecular weight excluding hydrogens is 208 g/mol. The molecule has 0 aromatic heterocycles. The number of methoxy groups -OCH3 is 1. The van der Waals surface area contributed by atoms with E-state index in [4.69, 9.17) is 18.9 Å². The van der Waals surface area contributed by atoms with Crippen LogP contribution in [0.4, 0.5) is 0 Å². The van der Waals surface area contributed by atoms with E-state index in [1.165, 1.54) is 0 Å². The molecule has 0 spiro atoms. The molecule has 0 aromatic carbocycles. The molecule has 2 atom stereocenters. The van der Waals surface area contributed by atoms with Crippen LogP contribution in [0.25, 0.3) is 0 Å². The van der Waals surface area contributed by atoms with Gasteiger partial charge in [-0.1, -0.05) is 6.42 Å². The standard InChI is InChI=1S/C12H22O4/c1-11-7-9-14-12(16-11,15-10-11)6-4-3-5-8-13-2/h3-10H2,1-2H3. The molecule has 94 valence electrons. The first-order valence-electron chi connectivity index (χ1n) is 6.15. The molecule has 2 saturated heterocycles. The zero-order valence-electron chi connectivity index (χ0n) is 10.3. The minimum atomic E-state index is -0.736. The van der Waals surface area contributed by atoms with Gasteiger partial charge in [0, 0.05) is 26.6 Å². The van der Waals surface area contributed by atoms with Crippen molar-refractivity contribution in [1.82, 2.24) is 0 Å². The first-order chi connectivity index (χ1) is 7.68. The third kappa shape index (κ3) is 2.74. The van der Waals surface area contributed by atoms with Gasteiger partial charge in [-0.25, -0.2) is 0 Å². The lowest BCUT2D eigenvalue weighted by atomic mass is 10.0. The van der Waals surface area contributed by atoms with Crippen molar-refractivity contribution in [2.75, 3.05) is 26.9 Å². The van der Waals surface area contributed by atoms with Crippen LogP contribution < -0.4 is 0 Å². The quantitative estimate of drug-likeness (QED) is 0.655. The van der Waals surface area contributed by atoms with Crippen LogP contribution in [0, 0.1) is 0 Å². The van der Waals surface area contributed by atoms with E-state index in [9.17, 15) is 0 Å². The highest BCUT2D eigenvalue weighted by molar-refractivity contribution is 4.87. The highest BCUT2D eigenvalue weighted by Crippen LogP contribution is 2.41. The minimum absolute atomic E-state index is 0.120. The number of rotatable bonds is 6. The Morgan fingerprint density at radius 2 is 2.06 bits per heavy atom. The highest BCUT2D eigenvalue weighted by Gasteiger charge is 2.52. The Bertz CT molecular complexity index is 233. The highest BCUT2D eigenvalue weighted by atomic mass is 16.9. The van der Waals surface area contributed by atoms with Crippen molar-refractivity contribution in [3.8, 4) is 0 Å². The fourth-order valence-corrected chi connectivity index (χ4v) is 2.27. The van der Waals surface area contributed by atoms with Gasteiger partial charge in [0.15, 0.2) is 0 Å². The summed E-state index contributed by atoms with van der Waals surface area (Å²) >= 11 is 0. The summed E-state index contributed by atoms with van der Waals surface area (Å²) in [5, 5.41) is 0. The molecule has 2 aliphatic rings. The van der Waals surface area contributed by atoms with Gasteiger partial charge in [0.25, 0.3) is 5.97 Å². The lowest BCUT2D eigenvalue weighted by molar-refractivity contribution is -0.369. The molecule has 2 heterocycles. The summed E-state index contributed by atoms with van der Waals surface area (Å²) in [5.74, 6) is -0.736. The summed E-state index contributed by atoms with van der Waals surface area (Å²) in [7, 11) is 1.73. The zero-order chi connectivity index (χ0) is 11.5. The SMILES string of the molecule is COCCCCCC12OCCC(C)(CO1)O2. The molecule has 16 heavy (non-hydrogen) atoms. The Kier molecular flexibility index (Phi) is 3.85. The van der Waals surface area contributed by atoms with E-state index in [-0.39, 0.29) is 5.60 Å². The molecule has 2 rings (SSSR count). The topological polar surface area (TPSA) is 36.9 Å². The van der Waals surface area contributed by atoms with Crippen molar-refractivity contribution < 1.29 is 18.9 Å². The number of fused-ring (bicyclic) bond motifs is 2. The van der Waals surface area contributed by atoms with E-state index in [2.05, 4.69) is 6.92 Å². The molecule has 0 aromatic rings. The molecular formula is C12H22O4. The number of ether oxygens (including phenoxy) is 4. The molecule has 0 aliphatic carbocycles. The summed E-state index contributed by atoms with van der Waals surface area (Å²) in [4.78, 5) is 0. The fraction of sp³-hybridized carbons (Fsp3) is 1.00. The zero-order valence-corrected chi connectivity index (χ0v) is 10.3. The molecule has 0 radical (unpaired) electrons. The second-order valence-electron chi connectivity index (χ2n) is 4.93. The smallest absolute Gasteiger partial charge is 0.283 e. The normalized spacial score (nSPS) is 37.9. The number of hydrogen-bond acceptors (Lipinski definition) is 4. The predicted octanol–water partition coefficient (Wildman–Crippen LogP) is 2.07. The van der Waals surface area contributed by atoms with Crippen LogP contribution in [0.5, 0.6) is 0 Å². The molecule has 0 saturated carbocycles. The van der Waals surface area contributed by atoms with Crippen LogP contribution in [0.2, 0.25) is 0 Å². The van der Waals surface area contributed by atoms with Gasteiger partial charge < -0.3 is 18.9 Å². The van der Waals surface area contributed by atoms with E-state index in [0.717, 1.165) is 45.3 Å². The van der Waals surface area contributed by atoms with Gasteiger partial charge in [0.2, 0.25) is 0 Å². The second kappa shape index (κ2) is 5.00. The third-order valence-electron chi connectivity index (χ3n) is 3.28. The average Bonchev–Trinajstić information content (AvgIpc) is 2.49. The lowest BCUT2D eigenvalue weighted by Crippen LogP contribution is -2.43. The van der Waals surface area contributed by atoms with Gasteiger partial charge in [-0.15, -0.1) is 0 Å². The monoisotopic (exact) mass is 230 g/mol. The minimum Gasteiger partial charge on any atom is -0.385 e. The van der Waals surface area contributed by atoms with Gasteiger partial charge >= 0.3 is 0 Å². The first kappa shape index (κ1) is 12.3. The summed E-state index contributed by atoms with van der Waals surface area (Å²) < 4.78 is 22.3. The molecule has 4 nitrogen and oxygen atoms in total. The molecule has 4 heteroatoms. The van der Waals surface area contributed by atoms with E-state index >= 15 is 0 Å². The fourth-order valence-electron chi connectivity index (χ4n) is 2.27. The van der Waals surface area contributed by atoms with Crippen LogP contribution >= 0.6 is 0 Å². The second-order valence-corrected chi connectivity index (χ2v) is 4.93. The molecule has 2 bridgehead atoms. The van der Waals surface area contributed by atoms with Crippen molar-refractivity contribution >= 4 is 0 Å². The number of unbranched alkanes of at least 4 members (excludes halogenated alkanes) is 2. The summed E-state index contributed by atoms with van der Waals surface area (Å²) in [6.45, 7) is 4.33. The third-order valence-corrected chi connectivity index (χ3v) is 3.28. The summed E-state index contributed by atoms with van der Waals surface area (Å²) in [6, 6.07) is 0. The van der Waals surface area contributed by atoms with Crippen molar-refractivity contribution in [2.45, 2.75) is 50.6 Å². The van der Waals surface area contributed by atoms with Gasteiger partial charge in [-0.05, 0) is 19.8 Å². The van der Waals surface area contributed by atoms with E-state index < -0.39 is 5.97 Å². The summed E-state index contributed by atoms with van der Waals surface area (Å²) in [5.41, 5.74) is -0.120. The van der Waals surface area contributed by atoms with Gasteiger partial charge in [0.05, 0.1) is 18.8 Å². The van der Waals surface area contributed by atoms with E-state index in [1.54, 1.807) is 7.11 Å². The van der Waals surface area contributed by atoms with Gasteiger partial charge in [0.1, 0.15) is 0 Å². The molecule has 0 N–H and O–H groups in total. The Morgan fingerprint density at radius 3 is 2.88 bits per heavy atom. The lowest BCUT2D eigenvalue weighted by Gasteiger charge is -2.35. The van der Waals surface area contributed by atoms with Crippen LogP contribution in [0.1, 0.15) is 39.0 Å². The maximum atomic E-state index is 5.90. The van der Waals surface area contributed by atoms with E-state index in [0.29, 0.717) is 6.61 Å². The van der Waals surface area contributed by atoms with Gasteiger partial charge in [-0.3, -0.25) is 0 Å². The Hall–Kier alpha value is -0.160. The number of hydrogen-bond donors (Lipinski definition) is 0. The Balaban J connectivity index is 1.72. The van der Waals surface area contributed by atoms with Crippen molar-refractivity contribution in [3.05, 3.63) is 0 Å². The molecule has 2 fully saturated rings. The van der Waals surface area contributed by atoms with Crippen LogP contribution in [0.3, 0.4) is 0 Å². The Labute approximate surface area is 97.2 Å². The maximum Gasteiger partial charge on any atom is 0.283 e. The summed E-state index contributed by atoms with van der Waals surface area (Å²) in [6.07, 6.45) is 5.02. The Morgan fingerprint density at radius 1 is 1.19 bits per heavy atom. The average molecular weight is 230 g/mol. The van der Waals surface area contributed by atoms with Crippen molar-refractivity contribution in [1.29, 1.82) is 0 Å². The predicted molar refractivity (Wildman–Crippen MR) is 59.1 cm³/mol. The molecule has 2 unspecified atom stereocenters. The van der Waals surface area contributed by atoms with Crippen LogP contribution in [0.15, 0.2) is 0 Å². The largest absolute Gasteiger partial charge is 0.385 e. The van der Waals surface area contributed by atoms with Crippen LogP contribution in [-0.4, -0.2) is 38.5 Å². The molecule has 0 amide bonds. The van der Waals surface area contributed by atoms with Gasteiger partial charge in [-0.2, -0.15) is 0 Å². The van der Waals surface area contributed by atoms with Crippen LogP contribution in [-0.2, 0) is 18.9 Å². The first-order valence-corrected chi connectivity index (χ1v) is 6.15. The maximum absolute atomic E-state index is 5.90. The molecule has 2 aliphatic heterocycles. The van der Waals surface area contributed by atoms with E-state index in [1.807, 2.05) is 0 Å².